The number of allylic oxidation sites excluding steroid dienone is 1. The number of rotatable bonds is 2. The second-order valence-corrected chi connectivity index (χ2v) is 6.57. The van der Waals surface area contributed by atoms with Crippen molar-refractivity contribution in [1.82, 2.24) is 10.2 Å². The van der Waals surface area contributed by atoms with Gasteiger partial charge in [0.2, 0.25) is 0 Å². The number of nitrogens with one attached hydrogen (secondary N) is 1. The predicted molar refractivity (Wildman–Crippen MR) is 85.9 cm³/mol. The van der Waals surface area contributed by atoms with E-state index in [-0.39, 0.29) is 11.9 Å². The van der Waals surface area contributed by atoms with E-state index in [1.54, 1.807) is 24.3 Å². The lowest BCUT2D eigenvalue weighted by atomic mass is 9.96. The Bertz CT molecular complexity index is 707. The summed E-state index contributed by atoms with van der Waals surface area (Å²) >= 11 is 0. The Morgan fingerprint density at radius 1 is 1.39 bits per heavy atom. The van der Waals surface area contributed by atoms with Gasteiger partial charge in [-0.05, 0) is 49.6 Å². The van der Waals surface area contributed by atoms with E-state index in [2.05, 4.69) is 16.3 Å². The molecule has 0 radical (unpaired) electrons. The van der Waals surface area contributed by atoms with Gasteiger partial charge in [0, 0.05) is 30.3 Å². The van der Waals surface area contributed by atoms with E-state index < -0.39 is 0 Å². The minimum atomic E-state index is -0.0665. The Balaban J connectivity index is 1.51. The van der Waals surface area contributed by atoms with Gasteiger partial charge in [-0.3, -0.25) is 4.79 Å². The Kier molecular flexibility index (Phi) is 3.55. The van der Waals surface area contributed by atoms with Gasteiger partial charge >= 0.3 is 0 Å². The molecule has 3 atom stereocenters. The smallest absolute Gasteiger partial charge is 0.251 e. The maximum absolute atomic E-state index is 12.6. The minimum absolute atomic E-state index is 0.0665. The van der Waals surface area contributed by atoms with Gasteiger partial charge in [-0.1, -0.05) is 0 Å². The number of hydrogen-bond acceptors (Lipinski definition) is 4. The SMILES string of the molecule is N#CC1=CCOc2ccc(C(=O)N[C@@H]3C[C@@H]4CCN(C4)C3)cc21. The van der Waals surface area contributed by atoms with Crippen LogP contribution in [-0.2, 0) is 0 Å². The molecule has 2 bridgehead atoms. The van der Waals surface area contributed by atoms with E-state index in [4.69, 9.17) is 4.74 Å². The first kappa shape index (κ1) is 14.3. The molecule has 2 saturated heterocycles. The van der Waals surface area contributed by atoms with Crippen molar-refractivity contribution in [3.8, 4) is 11.8 Å². The molecule has 0 aromatic heterocycles. The molecule has 4 rings (SSSR count). The summed E-state index contributed by atoms with van der Waals surface area (Å²) in [6.45, 7) is 3.68. The zero-order valence-corrected chi connectivity index (χ0v) is 12.9. The average molecular weight is 309 g/mol. The van der Waals surface area contributed by atoms with Crippen LogP contribution in [0, 0.1) is 17.2 Å². The van der Waals surface area contributed by atoms with Crippen LogP contribution in [0.4, 0.5) is 0 Å². The molecule has 5 heteroatoms. The molecule has 23 heavy (non-hydrogen) atoms. The zero-order chi connectivity index (χ0) is 15.8. The highest BCUT2D eigenvalue weighted by molar-refractivity contribution is 5.96. The molecule has 2 fully saturated rings. The van der Waals surface area contributed by atoms with Gasteiger partial charge in [-0.15, -0.1) is 0 Å². The van der Waals surface area contributed by atoms with Gasteiger partial charge in [-0.25, -0.2) is 0 Å². The van der Waals surface area contributed by atoms with Gasteiger partial charge < -0.3 is 15.0 Å². The average Bonchev–Trinajstić information content (AvgIpc) is 2.92. The van der Waals surface area contributed by atoms with Crippen LogP contribution in [0.2, 0.25) is 0 Å². The van der Waals surface area contributed by atoms with Crippen molar-refractivity contribution in [2.75, 3.05) is 26.2 Å². The van der Waals surface area contributed by atoms with Crippen LogP contribution < -0.4 is 10.1 Å². The monoisotopic (exact) mass is 309 g/mol. The summed E-state index contributed by atoms with van der Waals surface area (Å²) in [5, 5.41) is 12.4. The Morgan fingerprint density at radius 2 is 2.30 bits per heavy atom. The molecule has 1 aromatic carbocycles. The summed E-state index contributed by atoms with van der Waals surface area (Å²) in [7, 11) is 0. The molecule has 3 aliphatic heterocycles. The molecule has 1 amide bonds. The predicted octanol–water partition coefficient (Wildman–Crippen LogP) is 1.81. The quantitative estimate of drug-likeness (QED) is 0.905. The van der Waals surface area contributed by atoms with Crippen LogP contribution in [0.3, 0.4) is 0 Å². The van der Waals surface area contributed by atoms with Gasteiger partial charge in [-0.2, -0.15) is 5.26 Å². The Morgan fingerprint density at radius 3 is 3.13 bits per heavy atom. The molecular weight excluding hydrogens is 290 g/mol. The number of piperidine rings is 1. The summed E-state index contributed by atoms with van der Waals surface area (Å²) in [6.07, 6.45) is 4.06. The van der Waals surface area contributed by atoms with Gasteiger partial charge in [0.15, 0.2) is 0 Å². The Hall–Kier alpha value is -2.32. The fourth-order valence-electron chi connectivity index (χ4n) is 3.87. The highest BCUT2D eigenvalue weighted by atomic mass is 16.5. The van der Waals surface area contributed by atoms with E-state index in [9.17, 15) is 10.1 Å². The van der Waals surface area contributed by atoms with Crippen LogP contribution >= 0.6 is 0 Å². The first-order valence-corrected chi connectivity index (χ1v) is 8.13. The van der Waals surface area contributed by atoms with Crippen molar-refractivity contribution in [1.29, 1.82) is 5.26 Å². The first-order chi connectivity index (χ1) is 11.2. The number of hydrogen-bond donors (Lipinski definition) is 1. The second-order valence-electron chi connectivity index (χ2n) is 6.57. The van der Waals surface area contributed by atoms with Crippen molar-refractivity contribution >= 4 is 11.5 Å². The summed E-state index contributed by atoms with van der Waals surface area (Å²) in [6, 6.07) is 7.71. The zero-order valence-electron chi connectivity index (χ0n) is 12.9. The standard InChI is InChI=1S/C18H19N3O2/c19-9-14-4-6-23-17-2-1-13(8-16(14)17)18(22)20-15-7-12-3-5-21(10-12)11-15/h1-2,4,8,12,15H,3,5-7,10-11H2,(H,20,22)/t12-,15+/m0/s1. The summed E-state index contributed by atoms with van der Waals surface area (Å²) < 4.78 is 5.51. The molecule has 3 heterocycles. The molecular formula is C18H19N3O2. The van der Waals surface area contributed by atoms with Gasteiger partial charge in [0.1, 0.15) is 12.4 Å². The molecule has 5 nitrogen and oxygen atoms in total. The highest BCUT2D eigenvalue weighted by Gasteiger charge is 2.33. The van der Waals surface area contributed by atoms with Gasteiger partial charge in [0.25, 0.3) is 5.91 Å². The molecule has 3 aliphatic rings. The third-order valence-electron chi connectivity index (χ3n) is 4.98. The molecule has 0 saturated carbocycles. The fraction of sp³-hybridized carbons (Fsp3) is 0.444. The summed E-state index contributed by atoms with van der Waals surface area (Å²) in [4.78, 5) is 15.0. The van der Waals surface area contributed by atoms with Crippen molar-refractivity contribution < 1.29 is 9.53 Å². The lowest BCUT2D eigenvalue weighted by Gasteiger charge is -2.30. The number of amides is 1. The second kappa shape index (κ2) is 5.71. The summed E-state index contributed by atoms with van der Waals surface area (Å²) in [5.41, 5.74) is 1.87. The van der Waals surface area contributed by atoms with E-state index >= 15 is 0 Å². The normalized spacial score (nSPS) is 28.1. The lowest BCUT2D eigenvalue weighted by molar-refractivity contribution is 0.0909. The molecule has 1 aromatic rings. The van der Waals surface area contributed by atoms with Crippen molar-refractivity contribution in [3.05, 3.63) is 35.4 Å². The van der Waals surface area contributed by atoms with Crippen LogP contribution in [0.1, 0.15) is 28.8 Å². The van der Waals surface area contributed by atoms with Crippen LogP contribution in [0.25, 0.3) is 5.57 Å². The third kappa shape index (κ3) is 2.71. The highest BCUT2D eigenvalue weighted by Crippen LogP contribution is 2.31. The molecule has 0 aliphatic carbocycles. The van der Waals surface area contributed by atoms with Crippen LogP contribution in [-0.4, -0.2) is 43.1 Å². The molecule has 118 valence electrons. The van der Waals surface area contributed by atoms with Crippen molar-refractivity contribution in [3.63, 3.8) is 0 Å². The topological polar surface area (TPSA) is 65.4 Å². The number of fused-ring (bicyclic) bond motifs is 3. The minimum Gasteiger partial charge on any atom is -0.489 e. The fourth-order valence-corrected chi connectivity index (χ4v) is 3.87. The van der Waals surface area contributed by atoms with Crippen LogP contribution in [0.15, 0.2) is 24.3 Å². The largest absolute Gasteiger partial charge is 0.489 e. The van der Waals surface area contributed by atoms with Crippen molar-refractivity contribution in [2.45, 2.75) is 18.9 Å². The third-order valence-corrected chi connectivity index (χ3v) is 4.98. The van der Waals surface area contributed by atoms with E-state index in [0.29, 0.717) is 29.1 Å². The molecule has 1 unspecified atom stereocenters. The molecule has 1 N–H and O–H groups in total. The number of carbonyl (C=O) groups is 1. The number of ether oxygens (including phenoxy) is 1. The number of benzene rings is 1. The first-order valence-electron chi connectivity index (χ1n) is 8.13. The maximum Gasteiger partial charge on any atom is 0.251 e. The lowest BCUT2D eigenvalue weighted by Crippen LogP contribution is -2.47. The van der Waals surface area contributed by atoms with Crippen LogP contribution in [0.5, 0.6) is 5.75 Å². The number of nitrogens with zero attached hydrogens (tertiary/aromatic N) is 2. The Labute approximate surface area is 135 Å². The van der Waals surface area contributed by atoms with E-state index in [0.717, 1.165) is 25.4 Å². The molecule has 0 spiro atoms. The number of carbonyl (C=O) groups excluding carboxylic acids is 1. The van der Waals surface area contributed by atoms with E-state index in [1.165, 1.54) is 13.0 Å². The van der Waals surface area contributed by atoms with E-state index in [1.807, 2.05) is 0 Å². The summed E-state index contributed by atoms with van der Waals surface area (Å²) in [5.74, 6) is 1.32. The van der Waals surface area contributed by atoms with Gasteiger partial charge in [0.05, 0.1) is 11.6 Å². The number of nitriles is 1. The van der Waals surface area contributed by atoms with Crippen molar-refractivity contribution in [2.24, 2.45) is 5.92 Å². The maximum atomic E-state index is 12.6.